The van der Waals surface area contributed by atoms with Crippen LogP contribution >= 0.6 is 15.9 Å². The molecule has 0 spiro atoms. The zero-order valence-corrected chi connectivity index (χ0v) is 19.8. The van der Waals surface area contributed by atoms with E-state index in [0.29, 0.717) is 37.3 Å². The molecule has 0 saturated heterocycles. The first kappa shape index (κ1) is 24.5. The summed E-state index contributed by atoms with van der Waals surface area (Å²) in [5, 5.41) is 10.1. The number of benzene rings is 3. The van der Waals surface area contributed by atoms with Crippen molar-refractivity contribution in [2.45, 2.75) is 11.8 Å². The van der Waals surface area contributed by atoms with Gasteiger partial charge in [-0.25, -0.2) is 8.60 Å². The number of anilines is 1. The fourth-order valence-electron chi connectivity index (χ4n) is 3.08. The van der Waals surface area contributed by atoms with Crippen LogP contribution in [0.5, 0.6) is 0 Å². The summed E-state index contributed by atoms with van der Waals surface area (Å²) in [6.07, 6.45) is 0. The van der Waals surface area contributed by atoms with Gasteiger partial charge < -0.3 is 11.1 Å². The third kappa shape index (κ3) is 5.60. The first-order valence-corrected chi connectivity index (χ1v) is 11.4. The van der Waals surface area contributed by atoms with Crippen molar-refractivity contribution in [3.05, 3.63) is 88.2 Å². The molecule has 0 radical (unpaired) electrons. The zero-order chi connectivity index (χ0) is 24.1. The van der Waals surface area contributed by atoms with Gasteiger partial charge in [0.1, 0.15) is 5.84 Å². The predicted molar refractivity (Wildman–Crippen MR) is 131 cm³/mol. The van der Waals surface area contributed by atoms with Crippen molar-refractivity contribution in [1.82, 2.24) is 0 Å². The number of carbonyl (C=O) groups excluding carboxylic acids is 1. The van der Waals surface area contributed by atoms with Crippen molar-refractivity contribution in [2.24, 2.45) is 11.6 Å². The number of nitrogens with two attached hydrogens (primary N) is 2. The maximum atomic E-state index is 14.9. The molecule has 33 heavy (non-hydrogen) atoms. The number of nitrogens with one attached hydrogen (secondary N) is 2. The van der Waals surface area contributed by atoms with Crippen LogP contribution in [0, 0.1) is 5.41 Å². The molecule has 1 atom stereocenters. The van der Waals surface area contributed by atoms with Gasteiger partial charge in [0, 0.05) is 15.6 Å². The highest BCUT2D eigenvalue weighted by Gasteiger charge is 2.17. The summed E-state index contributed by atoms with van der Waals surface area (Å²) in [6, 6.07) is 18.3. The Morgan fingerprint density at radius 1 is 1.09 bits per heavy atom. The molecule has 0 fully saturated rings. The maximum absolute atomic E-state index is 14.9. The Bertz CT molecular complexity index is 1300. The van der Waals surface area contributed by atoms with Gasteiger partial charge in [-0.1, -0.05) is 42.5 Å². The van der Waals surface area contributed by atoms with E-state index in [2.05, 4.69) is 25.5 Å². The van der Waals surface area contributed by atoms with Crippen LogP contribution in [0.3, 0.4) is 0 Å². The van der Waals surface area contributed by atoms with Crippen molar-refractivity contribution in [1.29, 1.82) is 5.41 Å². The molecule has 0 aliphatic carbocycles. The molecule has 3 rings (SSSR count). The summed E-state index contributed by atoms with van der Waals surface area (Å²) < 4.78 is 31.8. The third-order valence-corrected chi connectivity index (χ3v) is 6.36. The lowest BCUT2D eigenvalue weighted by Gasteiger charge is -2.12. The molecule has 0 saturated carbocycles. The average Bonchev–Trinajstić information content (AvgIpc) is 2.83. The predicted octanol–water partition coefficient (Wildman–Crippen LogP) is 4.65. The normalized spacial score (nSPS) is 12.6. The first-order chi connectivity index (χ1) is 15.7. The van der Waals surface area contributed by atoms with Crippen molar-refractivity contribution >= 4 is 50.0 Å². The number of allylic oxidation sites excluding steroid dienone is 1. The molecule has 6 N–H and O–H groups in total. The van der Waals surface area contributed by atoms with Gasteiger partial charge in [-0.3, -0.25) is 10.2 Å². The Kier molecular flexibility index (Phi) is 7.88. The molecule has 1 unspecified atom stereocenters. The largest absolute Gasteiger partial charge is 0.384 e. The highest BCUT2D eigenvalue weighted by molar-refractivity contribution is 9.10. The molecule has 10 heteroatoms. The Balaban J connectivity index is 1.87. The smallest absolute Gasteiger partial charge is 0.284 e. The van der Waals surface area contributed by atoms with E-state index in [-0.39, 0.29) is 11.4 Å². The van der Waals surface area contributed by atoms with E-state index in [1.54, 1.807) is 66.7 Å². The lowest BCUT2D eigenvalue weighted by molar-refractivity contribution is -0.114. The van der Waals surface area contributed by atoms with Crippen LogP contribution < -0.4 is 16.9 Å². The maximum Gasteiger partial charge on any atom is 0.284 e. The molecule has 170 valence electrons. The van der Waals surface area contributed by atoms with E-state index in [1.165, 1.54) is 6.92 Å². The quantitative estimate of drug-likeness (QED) is 0.153. The van der Waals surface area contributed by atoms with Gasteiger partial charge in [0.25, 0.3) is 5.91 Å². The van der Waals surface area contributed by atoms with E-state index in [9.17, 15) is 13.4 Å². The van der Waals surface area contributed by atoms with Gasteiger partial charge in [-0.15, -0.1) is 0 Å². The Labute approximate surface area is 200 Å². The molecule has 0 heterocycles. The molecule has 7 nitrogen and oxygen atoms in total. The van der Waals surface area contributed by atoms with Gasteiger partial charge in [0.15, 0.2) is 5.83 Å². The second-order valence-electron chi connectivity index (χ2n) is 6.91. The van der Waals surface area contributed by atoms with Crippen LogP contribution in [0.15, 0.2) is 81.9 Å². The SMILES string of the molecule is CC(=C(F)C(=O)Nc1ccc(-c2ccccc2S(=O)ON)cc1Br)c1cccc(C(=N)N)c1. The number of amidine groups is 1. The van der Waals surface area contributed by atoms with Crippen molar-refractivity contribution < 1.29 is 17.7 Å². The molecule has 1 amide bonds. The van der Waals surface area contributed by atoms with Crippen LogP contribution in [0.4, 0.5) is 10.1 Å². The number of amides is 1. The van der Waals surface area contributed by atoms with Gasteiger partial charge in [-0.2, -0.15) is 10.2 Å². The Hall–Kier alpha value is -3.18. The fraction of sp³-hybridized carbons (Fsp3) is 0.0435. The molecule has 0 bridgehead atoms. The molecule has 0 aliphatic rings. The van der Waals surface area contributed by atoms with Gasteiger partial charge >= 0.3 is 0 Å². The second-order valence-corrected chi connectivity index (χ2v) is 8.87. The monoisotopic (exact) mass is 530 g/mol. The van der Waals surface area contributed by atoms with Crippen molar-refractivity contribution in [3.63, 3.8) is 0 Å². The van der Waals surface area contributed by atoms with E-state index >= 15 is 0 Å². The molecule has 3 aromatic carbocycles. The third-order valence-electron chi connectivity index (χ3n) is 4.82. The van der Waals surface area contributed by atoms with Crippen molar-refractivity contribution in [3.8, 4) is 11.1 Å². The number of halogens is 2. The Morgan fingerprint density at radius 2 is 1.79 bits per heavy atom. The lowest BCUT2D eigenvalue weighted by atomic mass is 10.0. The summed E-state index contributed by atoms with van der Waals surface area (Å²) in [6.45, 7) is 1.48. The van der Waals surface area contributed by atoms with Crippen molar-refractivity contribution in [2.75, 3.05) is 5.32 Å². The van der Waals surface area contributed by atoms with Crippen LogP contribution in [0.25, 0.3) is 16.7 Å². The number of nitrogen functional groups attached to an aromatic ring is 1. The molecule has 0 aromatic heterocycles. The zero-order valence-electron chi connectivity index (χ0n) is 17.4. The molecular weight excluding hydrogens is 511 g/mol. The van der Waals surface area contributed by atoms with E-state index in [1.807, 2.05) is 0 Å². The highest BCUT2D eigenvalue weighted by atomic mass is 79.9. The second kappa shape index (κ2) is 10.6. The summed E-state index contributed by atoms with van der Waals surface area (Å²) >= 11 is 1.54. The summed E-state index contributed by atoms with van der Waals surface area (Å²) in [5.74, 6) is 3.02. The highest BCUT2D eigenvalue weighted by Crippen LogP contribution is 2.33. The van der Waals surface area contributed by atoms with E-state index in [0.717, 1.165) is 0 Å². The summed E-state index contributed by atoms with van der Waals surface area (Å²) in [4.78, 5) is 12.9. The van der Waals surface area contributed by atoms with Gasteiger partial charge in [-0.05, 0) is 63.8 Å². The number of carbonyl (C=O) groups is 1. The van der Waals surface area contributed by atoms with Crippen LogP contribution in [0.2, 0.25) is 0 Å². The molecule has 0 aliphatic heterocycles. The van der Waals surface area contributed by atoms with Crippen LogP contribution in [0.1, 0.15) is 18.1 Å². The summed E-state index contributed by atoms with van der Waals surface area (Å²) in [5.41, 5.74) is 8.13. The van der Waals surface area contributed by atoms with Gasteiger partial charge in [0.05, 0.1) is 10.6 Å². The van der Waals surface area contributed by atoms with Gasteiger partial charge in [0.2, 0.25) is 11.1 Å². The average molecular weight is 531 g/mol. The number of hydrogen-bond acceptors (Lipinski definition) is 5. The minimum atomic E-state index is -1.84. The Morgan fingerprint density at radius 3 is 2.45 bits per heavy atom. The molecule has 3 aromatic rings. The summed E-state index contributed by atoms with van der Waals surface area (Å²) in [7, 11) is 0. The van der Waals surface area contributed by atoms with E-state index in [4.69, 9.17) is 17.0 Å². The van der Waals surface area contributed by atoms with Crippen LogP contribution in [-0.2, 0) is 20.2 Å². The molecular formula is C23H20BrFN4O3S. The van der Waals surface area contributed by atoms with E-state index < -0.39 is 22.8 Å². The standard InChI is InChI=1S/C23H20BrFN4O3S/c1-13(14-5-4-6-16(11-14)22(26)27)21(25)23(30)29-19-10-9-15(12-18(19)24)17-7-2-3-8-20(17)33(31)32-28/h2-12H,28H2,1H3,(H3,26,27)(H,29,30). The fourth-order valence-corrected chi connectivity index (χ4v) is 4.22. The minimum Gasteiger partial charge on any atom is -0.384 e. The van der Waals surface area contributed by atoms with Crippen LogP contribution in [-0.4, -0.2) is 16.0 Å². The number of hydrogen-bond donors (Lipinski definition) is 4. The topological polar surface area (TPSA) is 131 Å². The first-order valence-electron chi connectivity index (χ1n) is 9.53. The minimum absolute atomic E-state index is 0.113. The lowest BCUT2D eigenvalue weighted by Crippen LogP contribution is -2.14. The number of rotatable bonds is 7.